The lowest BCUT2D eigenvalue weighted by Crippen LogP contribution is -2.31. The summed E-state index contributed by atoms with van der Waals surface area (Å²) in [6, 6.07) is 0.324. The first kappa shape index (κ1) is 14.3. The van der Waals surface area contributed by atoms with Gasteiger partial charge in [0.05, 0.1) is 24.9 Å². The summed E-state index contributed by atoms with van der Waals surface area (Å²) in [5, 5.41) is 6.08. The predicted molar refractivity (Wildman–Crippen MR) is 74.6 cm³/mol. The van der Waals surface area contributed by atoms with E-state index in [1.54, 1.807) is 0 Å². The smallest absolute Gasteiger partial charge is 0.317 e. The first-order chi connectivity index (χ1) is 9.04. The molecule has 0 saturated carbocycles. The molecule has 0 aromatic carbocycles. The average molecular weight is 284 g/mol. The van der Waals surface area contributed by atoms with Crippen LogP contribution in [0.2, 0.25) is 0 Å². The summed E-state index contributed by atoms with van der Waals surface area (Å²) in [5.41, 5.74) is 0.0379. The van der Waals surface area contributed by atoms with Crippen molar-refractivity contribution in [2.24, 2.45) is 0 Å². The minimum atomic E-state index is -0.710. The Hall–Kier alpha value is -1.14. The van der Waals surface area contributed by atoms with Crippen LogP contribution in [-0.4, -0.2) is 36.8 Å². The van der Waals surface area contributed by atoms with Crippen molar-refractivity contribution in [1.29, 1.82) is 0 Å². The molecule has 0 amide bonds. The fraction of sp³-hybridized carbons (Fsp3) is 0.692. The number of anilines is 1. The van der Waals surface area contributed by atoms with E-state index in [1.165, 1.54) is 11.3 Å². The molecule has 0 bridgehead atoms. The third-order valence-electron chi connectivity index (χ3n) is 3.19. The van der Waals surface area contributed by atoms with Crippen molar-refractivity contribution in [3.05, 3.63) is 11.1 Å². The van der Waals surface area contributed by atoms with Gasteiger partial charge in [-0.05, 0) is 27.2 Å². The van der Waals surface area contributed by atoms with Crippen molar-refractivity contribution < 1.29 is 14.3 Å². The Kier molecular flexibility index (Phi) is 4.42. The van der Waals surface area contributed by atoms with Gasteiger partial charge in [-0.3, -0.25) is 4.79 Å². The van der Waals surface area contributed by atoms with E-state index in [1.807, 2.05) is 26.2 Å². The van der Waals surface area contributed by atoms with E-state index in [2.05, 4.69) is 10.3 Å². The molecule has 106 valence electrons. The van der Waals surface area contributed by atoms with E-state index < -0.39 is 5.41 Å². The molecule has 1 atom stereocenters. The molecule has 1 unspecified atom stereocenters. The summed E-state index contributed by atoms with van der Waals surface area (Å²) in [6.45, 7) is 7.38. The number of carbonyl (C=O) groups excluding carboxylic acids is 1. The standard InChI is InChI=1S/C13H20N2O3S/c1-4-18-11(16)13(2,3)10-8-19-12(15-10)14-9-5-6-17-7-9/h8-9H,4-7H2,1-3H3,(H,14,15). The second kappa shape index (κ2) is 5.88. The molecule has 5 nitrogen and oxygen atoms in total. The second-order valence-electron chi connectivity index (χ2n) is 5.09. The minimum absolute atomic E-state index is 0.240. The number of hydrogen-bond donors (Lipinski definition) is 1. The summed E-state index contributed by atoms with van der Waals surface area (Å²) in [4.78, 5) is 16.4. The van der Waals surface area contributed by atoms with Crippen molar-refractivity contribution in [3.63, 3.8) is 0 Å². The molecule has 0 spiro atoms. The zero-order chi connectivity index (χ0) is 13.9. The second-order valence-corrected chi connectivity index (χ2v) is 5.95. The van der Waals surface area contributed by atoms with Crippen LogP contribution in [0, 0.1) is 0 Å². The maximum Gasteiger partial charge on any atom is 0.317 e. The van der Waals surface area contributed by atoms with Crippen LogP contribution in [0.3, 0.4) is 0 Å². The third kappa shape index (κ3) is 3.25. The van der Waals surface area contributed by atoms with E-state index >= 15 is 0 Å². The number of nitrogens with zero attached hydrogens (tertiary/aromatic N) is 1. The van der Waals surface area contributed by atoms with Gasteiger partial charge in [0.1, 0.15) is 5.41 Å². The van der Waals surface area contributed by atoms with Crippen molar-refractivity contribution in [2.45, 2.75) is 38.6 Å². The van der Waals surface area contributed by atoms with Gasteiger partial charge in [0.25, 0.3) is 0 Å². The van der Waals surface area contributed by atoms with Crippen LogP contribution in [0.15, 0.2) is 5.38 Å². The molecule has 1 aliphatic heterocycles. The highest BCUT2D eigenvalue weighted by Gasteiger charge is 2.34. The summed E-state index contributed by atoms with van der Waals surface area (Å²) in [7, 11) is 0. The minimum Gasteiger partial charge on any atom is -0.465 e. The molecule has 0 radical (unpaired) electrons. The Labute approximate surface area is 117 Å². The lowest BCUT2D eigenvalue weighted by Gasteiger charge is -2.19. The van der Waals surface area contributed by atoms with E-state index in [-0.39, 0.29) is 5.97 Å². The van der Waals surface area contributed by atoms with Crippen molar-refractivity contribution >= 4 is 22.4 Å². The topological polar surface area (TPSA) is 60.5 Å². The van der Waals surface area contributed by atoms with E-state index in [9.17, 15) is 4.79 Å². The first-order valence-electron chi connectivity index (χ1n) is 6.51. The van der Waals surface area contributed by atoms with Crippen molar-refractivity contribution in [3.8, 4) is 0 Å². The molecule has 2 rings (SSSR count). The van der Waals surface area contributed by atoms with Crippen molar-refractivity contribution in [1.82, 2.24) is 4.98 Å². The molecule has 1 aromatic heterocycles. The molecule has 19 heavy (non-hydrogen) atoms. The lowest BCUT2D eigenvalue weighted by molar-refractivity contribution is -0.148. The summed E-state index contributed by atoms with van der Waals surface area (Å²) in [6.07, 6.45) is 0.996. The zero-order valence-corrected chi connectivity index (χ0v) is 12.4. The lowest BCUT2D eigenvalue weighted by atomic mass is 9.90. The highest BCUT2D eigenvalue weighted by molar-refractivity contribution is 7.13. The Morgan fingerprint density at radius 1 is 1.68 bits per heavy atom. The van der Waals surface area contributed by atoms with Crippen LogP contribution < -0.4 is 5.32 Å². The zero-order valence-electron chi connectivity index (χ0n) is 11.6. The predicted octanol–water partition coefficient (Wildman–Crippen LogP) is 2.18. The normalized spacial score (nSPS) is 19.4. The Morgan fingerprint density at radius 3 is 3.11 bits per heavy atom. The van der Waals surface area contributed by atoms with E-state index in [4.69, 9.17) is 9.47 Å². The summed E-state index contributed by atoms with van der Waals surface area (Å²) in [5.74, 6) is -0.240. The maximum atomic E-state index is 11.9. The molecular formula is C13H20N2O3S. The molecular weight excluding hydrogens is 264 g/mol. The highest BCUT2D eigenvalue weighted by Crippen LogP contribution is 2.29. The van der Waals surface area contributed by atoms with Gasteiger partial charge in [-0.25, -0.2) is 4.98 Å². The van der Waals surface area contributed by atoms with Gasteiger partial charge in [-0.15, -0.1) is 11.3 Å². The van der Waals surface area contributed by atoms with Crippen LogP contribution in [0.4, 0.5) is 5.13 Å². The number of thiazole rings is 1. The molecule has 0 aliphatic carbocycles. The molecule has 1 aromatic rings. The number of carbonyl (C=O) groups is 1. The van der Waals surface area contributed by atoms with Crippen LogP contribution in [0.1, 0.15) is 32.9 Å². The molecule has 2 heterocycles. The van der Waals surface area contributed by atoms with Crippen molar-refractivity contribution in [2.75, 3.05) is 25.1 Å². The Balaban J connectivity index is 2.04. The summed E-state index contributed by atoms with van der Waals surface area (Å²) < 4.78 is 10.4. The molecule has 1 aliphatic rings. The van der Waals surface area contributed by atoms with Crippen LogP contribution in [-0.2, 0) is 19.7 Å². The molecule has 1 saturated heterocycles. The van der Waals surface area contributed by atoms with Gasteiger partial charge in [-0.1, -0.05) is 0 Å². The monoisotopic (exact) mass is 284 g/mol. The van der Waals surface area contributed by atoms with Crippen LogP contribution >= 0.6 is 11.3 Å². The van der Waals surface area contributed by atoms with E-state index in [0.29, 0.717) is 12.6 Å². The fourth-order valence-corrected chi connectivity index (χ4v) is 2.82. The number of esters is 1. The average Bonchev–Trinajstić information content (AvgIpc) is 3.01. The van der Waals surface area contributed by atoms with Gasteiger partial charge in [0.2, 0.25) is 0 Å². The largest absolute Gasteiger partial charge is 0.465 e. The number of ether oxygens (including phenoxy) is 2. The number of aromatic nitrogens is 1. The van der Waals surface area contributed by atoms with Crippen LogP contribution in [0.25, 0.3) is 0 Å². The Morgan fingerprint density at radius 2 is 2.47 bits per heavy atom. The number of rotatable bonds is 5. The van der Waals surface area contributed by atoms with Gasteiger partial charge in [0, 0.05) is 12.0 Å². The quantitative estimate of drug-likeness (QED) is 0.840. The third-order valence-corrected chi connectivity index (χ3v) is 3.96. The van der Waals surface area contributed by atoms with Gasteiger partial charge in [0.15, 0.2) is 5.13 Å². The number of hydrogen-bond acceptors (Lipinski definition) is 6. The highest BCUT2D eigenvalue weighted by atomic mass is 32.1. The van der Waals surface area contributed by atoms with Gasteiger partial charge >= 0.3 is 5.97 Å². The fourth-order valence-electron chi connectivity index (χ4n) is 1.87. The van der Waals surface area contributed by atoms with Gasteiger partial charge in [-0.2, -0.15) is 0 Å². The summed E-state index contributed by atoms with van der Waals surface area (Å²) >= 11 is 1.51. The van der Waals surface area contributed by atoms with E-state index in [0.717, 1.165) is 30.5 Å². The molecule has 6 heteroatoms. The first-order valence-corrected chi connectivity index (χ1v) is 7.39. The van der Waals surface area contributed by atoms with Gasteiger partial charge < -0.3 is 14.8 Å². The van der Waals surface area contributed by atoms with Crippen LogP contribution in [0.5, 0.6) is 0 Å². The molecule has 1 fully saturated rings. The maximum absolute atomic E-state index is 11.9. The Bertz CT molecular complexity index is 439. The molecule has 1 N–H and O–H groups in total. The SMILES string of the molecule is CCOC(=O)C(C)(C)c1csc(NC2CCOC2)n1. The number of nitrogens with one attached hydrogen (secondary N) is 1.